The van der Waals surface area contributed by atoms with Crippen LogP contribution < -0.4 is 15.4 Å². The molecule has 1 aromatic rings. The van der Waals surface area contributed by atoms with Gasteiger partial charge in [-0.15, -0.1) is 0 Å². The molecule has 0 radical (unpaired) electrons. The zero-order valence-corrected chi connectivity index (χ0v) is 12.0. The van der Waals surface area contributed by atoms with Gasteiger partial charge in [0.05, 0.1) is 7.11 Å². The molecule has 1 amide bonds. The lowest BCUT2D eigenvalue weighted by atomic mass is 10.0. The summed E-state index contributed by atoms with van der Waals surface area (Å²) in [6, 6.07) is 8.32. The predicted molar refractivity (Wildman–Crippen MR) is 77.3 cm³/mol. The van der Waals surface area contributed by atoms with Crippen molar-refractivity contribution in [2.24, 2.45) is 0 Å². The van der Waals surface area contributed by atoms with Gasteiger partial charge < -0.3 is 15.4 Å². The SMILES string of the molecule is CCNC(=O)CCNC(CC)c1ccc(OC)cc1. The van der Waals surface area contributed by atoms with Gasteiger partial charge in [-0.05, 0) is 31.0 Å². The fourth-order valence-corrected chi connectivity index (χ4v) is 1.98. The monoisotopic (exact) mass is 264 g/mol. The van der Waals surface area contributed by atoms with Gasteiger partial charge in [0.15, 0.2) is 0 Å². The molecular formula is C15H24N2O2. The van der Waals surface area contributed by atoms with Crippen LogP contribution in [0.3, 0.4) is 0 Å². The molecule has 0 spiro atoms. The second kappa shape index (κ2) is 8.53. The van der Waals surface area contributed by atoms with Crippen molar-refractivity contribution < 1.29 is 9.53 Å². The number of hydrogen-bond acceptors (Lipinski definition) is 3. The van der Waals surface area contributed by atoms with E-state index >= 15 is 0 Å². The second-order valence-corrected chi connectivity index (χ2v) is 4.39. The van der Waals surface area contributed by atoms with E-state index in [1.54, 1.807) is 7.11 Å². The third kappa shape index (κ3) is 5.30. The van der Waals surface area contributed by atoms with E-state index in [-0.39, 0.29) is 11.9 Å². The molecule has 0 saturated carbocycles. The number of rotatable bonds is 8. The highest BCUT2D eigenvalue weighted by Gasteiger charge is 2.09. The van der Waals surface area contributed by atoms with Crippen LogP contribution in [-0.2, 0) is 4.79 Å². The van der Waals surface area contributed by atoms with Crippen LogP contribution in [0, 0.1) is 0 Å². The molecule has 0 bridgehead atoms. The largest absolute Gasteiger partial charge is 0.497 e. The maximum atomic E-state index is 11.4. The van der Waals surface area contributed by atoms with Crippen molar-refractivity contribution >= 4 is 5.91 Å². The average molecular weight is 264 g/mol. The number of nitrogens with one attached hydrogen (secondary N) is 2. The maximum Gasteiger partial charge on any atom is 0.221 e. The Labute approximate surface area is 115 Å². The van der Waals surface area contributed by atoms with E-state index in [0.717, 1.165) is 12.2 Å². The van der Waals surface area contributed by atoms with E-state index in [4.69, 9.17) is 4.74 Å². The molecule has 1 unspecified atom stereocenters. The number of amides is 1. The van der Waals surface area contributed by atoms with Gasteiger partial charge in [0.25, 0.3) is 0 Å². The van der Waals surface area contributed by atoms with Gasteiger partial charge in [-0.3, -0.25) is 4.79 Å². The number of ether oxygens (including phenoxy) is 1. The number of benzene rings is 1. The van der Waals surface area contributed by atoms with Crippen LogP contribution in [0.2, 0.25) is 0 Å². The molecule has 2 N–H and O–H groups in total. The lowest BCUT2D eigenvalue weighted by Crippen LogP contribution is -2.29. The first-order valence-electron chi connectivity index (χ1n) is 6.85. The molecule has 0 aliphatic rings. The quantitative estimate of drug-likeness (QED) is 0.757. The number of methoxy groups -OCH3 is 1. The molecule has 0 fully saturated rings. The second-order valence-electron chi connectivity index (χ2n) is 4.39. The van der Waals surface area contributed by atoms with Crippen molar-refractivity contribution in [2.75, 3.05) is 20.2 Å². The van der Waals surface area contributed by atoms with E-state index in [9.17, 15) is 4.79 Å². The van der Waals surface area contributed by atoms with E-state index in [1.165, 1.54) is 5.56 Å². The Morgan fingerprint density at radius 2 is 1.95 bits per heavy atom. The lowest BCUT2D eigenvalue weighted by Gasteiger charge is -2.17. The van der Waals surface area contributed by atoms with Gasteiger partial charge in [-0.1, -0.05) is 19.1 Å². The minimum Gasteiger partial charge on any atom is -0.497 e. The van der Waals surface area contributed by atoms with Gasteiger partial charge >= 0.3 is 0 Å². The van der Waals surface area contributed by atoms with Crippen LogP contribution in [0.25, 0.3) is 0 Å². The van der Waals surface area contributed by atoms with Crippen LogP contribution in [-0.4, -0.2) is 26.1 Å². The van der Waals surface area contributed by atoms with E-state index < -0.39 is 0 Å². The topological polar surface area (TPSA) is 50.4 Å². The molecule has 4 nitrogen and oxygen atoms in total. The fourth-order valence-electron chi connectivity index (χ4n) is 1.98. The summed E-state index contributed by atoms with van der Waals surface area (Å²) in [5.41, 5.74) is 1.22. The summed E-state index contributed by atoms with van der Waals surface area (Å²) >= 11 is 0. The molecule has 0 saturated heterocycles. The van der Waals surface area contributed by atoms with Crippen molar-refractivity contribution in [1.82, 2.24) is 10.6 Å². The summed E-state index contributed by atoms with van der Waals surface area (Å²) in [6.07, 6.45) is 1.50. The van der Waals surface area contributed by atoms with Gasteiger partial charge in [-0.2, -0.15) is 0 Å². The van der Waals surface area contributed by atoms with Crippen LogP contribution >= 0.6 is 0 Å². The van der Waals surface area contributed by atoms with Gasteiger partial charge in [0.1, 0.15) is 5.75 Å². The average Bonchev–Trinajstić information content (AvgIpc) is 2.44. The zero-order chi connectivity index (χ0) is 14.1. The molecule has 1 aromatic carbocycles. The minimum absolute atomic E-state index is 0.0968. The Bertz CT molecular complexity index is 376. The van der Waals surface area contributed by atoms with Crippen LogP contribution in [0.5, 0.6) is 5.75 Å². The fraction of sp³-hybridized carbons (Fsp3) is 0.533. The van der Waals surface area contributed by atoms with Crippen molar-refractivity contribution in [3.8, 4) is 5.75 Å². The standard InChI is InChI=1S/C15H24N2O2/c1-4-14(17-11-10-15(18)16-5-2)12-6-8-13(19-3)9-7-12/h6-9,14,17H,4-5,10-11H2,1-3H3,(H,16,18). The van der Waals surface area contributed by atoms with Crippen LogP contribution in [0.15, 0.2) is 24.3 Å². The molecule has 19 heavy (non-hydrogen) atoms. The molecule has 0 aliphatic carbocycles. The smallest absolute Gasteiger partial charge is 0.221 e. The summed E-state index contributed by atoms with van der Waals surface area (Å²) in [6.45, 7) is 5.44. The molecule has 0 heterocycles. The van der Waals surface area contributed by atoms with E-state index in [0.29, 0.717) is 19.5 Å². The Morgan fingerprint density at radius 3 is 2.47 bits per heavy atom. The molecule has 1 atom stereocenters. The molecule has 0 aromatic heterocycles. The normalized spacial score (nSPS) is 11.9. The molecule has 106 valence electrons. The van der Waals surface area contributed by atoms with Crippen LogP contribution in [0.1, 0.15) is 38.3 Å². The highest BCUT2D eigenvalue weighted by atomic mass is 16.5. The highest BCUT2D eigenvalue weighted by molar-refractivity contribution is 5.75. The highest BCUT2D eigenvalue weighted by Crippen LogP contribution is 2.19. The van der Waals surface area contributed by atoms with E-state index in [2.05, 4.69) is 29.7 Å². The molecular weight excluding hydrogens is 240 g/mol. The van der Waals surface area contributed by atoms with Crippen LogP contribution in [0.4, 0.5) is 0 Å². The van der Waals surface area contributed by atoms with Gasteiger partial charge in [0.2, 0.25) is 5.91 Å². The Balaban J connectivity index is 2.46. The first-order valence-corrected chi connectivity index (χ1v) is 6.85. The number of carbonyl (C=O) groups is 1. The first-order chi connectivity index (χ1) is 9.21. The van der Waals surface area contributed by atoms with Crippen molar-refractivity contribution in [2.45, 2.75) is 32.7 Å². The third-order valence-corrected chi connectivity index (χ3v) is 3.04. The zero-order valence-electron chi connectivity index (χ0n) is 12.0. The Morgan fingerprint density at radius 1 is 1.26 bits per heavy atom. The lowest BCUT2D eigenvalue weighted by molar-refractivity contribution is -0.120. The summed E-state index contributed by atoms with van der Waals surface area (Å²) in [4.78, 5) is 11.4. The van der Waals surface area contributed by atoms with Crippen molar-refractivity contribution in [3.63, 3.8) is 0 Å². The number of hydrogen-bond donors (Lipinski definition) is 2. The maximum absolute atomic E-state index is 11.4. The van der Waals surface area contributed by atoms with Gasteiger partial charge in [-0.25, -0.2) is 0 Å². The summed E-state index contributed by atoms with van der Waals surface area (Å²) < 4.78 is 5.15. The molecule has 0 aliphatic heterocycles. The Kier molecular flexibility index (Phi) is 6.97. The summed E-state index contributed by atoms with van der Waals surface area (Å²) in [7, 11) is 1.66. The number of carbonyl (C=O) groups excluding carboxylic acids is 1. The molecule has 1 rings (SSSR count). The molecule has 4 heteroatoms. The Hall–Kier alpha value is -1.55. The third-order valence-electron chi connectivity index (χ3n) is 3.04. The van der Waals surface area contributed by atoms with Crippen molar-refractivity contribution in [3.05, 3.63) is 29.8 Å². The predicted octanol–water partition coefficient (Wildman–Crippen LogP) is 2.26. The van der Waals surface area contributed by atoms with Gasteiger partial charge in [0, 0.05) is 25.6 Å². The summed E-state index contributed by atoms with van der Waals surface area (Å²) in [5, 5.41) is 6.21. The van der Waals surface area contributed by atoms with Crippen molar-refractivity contribution in [1.29, 1.82) is 0 Å². The summed E-state index contributed by atoms with van der Waals surface area (Å²) in [5.74, 6) is 0.959. The minimum atomic E-state index is 0.0968. The first kappa shape index (κ1) is 15.5. The van der Waals surface area contributed by atoms with E-state index in [1.807, 2.05) is 19.1 Å².